The molecule has 31 heavy (non-hydrogen) atoms. The molecule has 7 nitrogen and oxygen atoms in total. The van der Waals surface area contributed by atoms with Crippen molar-refractivity contribution in [2.45, 2.75) is 44.0 Å². The molecule has 0 saturated carbocycles. The van der Waals surface area contributed by atoms with E-state index >= 15 is 0 Å². The van der Waals surface area contributed by atoms with Crippen LogP contribution in [0.5, 0.6) is 0 Å². The zero-order valence-corrected chi connectivity index (χ0v) is 17.3. The predicted octanol–water partition coefficient (Wildman–Crippen LogP) is 3.73. The van der Waals surface area contributed by atoms with Crippen LogP contribution < -0.4 is 0 Å². The smallest absolute Gasteiger partial charge is 0.378 e. The first kappa shape index (κ1) is 21.4. The number of rotatable bonds is 4. The number of aliphatic hydroxyl groups excluding tert-OH is 1. The van der Waals surface area contributed by atoms with Gasteiger partial charge in [0.15, 0.2) is 6.10 Å². The van der Waals surface area contributed by atoms with Gasteiger partial charge in [0.2, 0.25) is 0 Å². The Bertz CT molecular complexity index is 1050. The number of alkyl halides is 3. The van der Waals surface area contributed by atoms with Crippen LogP contribution in [0.2, 0.25) is 0 Å². The van der Waals surface area contributed by atoms with Crippen molar-refractivity contribution in [1.82, 2.24) is 24.9 Å². The minimum atomic E-state index is -4.77. The molecular formula is C20H20F3N5O2S. The molecule has 4 rings (SSSR count). The second-order valence-corrected chi connectivity index (χ2v) is 8.36. The average Bonchev–Trinajstić information content (AvgIpc) is 3.45. The highest BCUT2D eigenvalue weighted by atomic mass is 32.1. The lowest BCUT2D eigenvalue weighted by molar-refractivity contribution is -0.207. The first-order valence-electron chi connectivity index (χ1n) is 9.72. The van der Waals surface area contributed by atoms with E-state index in [1.807, 2.05) is 6.92 Å². The van der Waals surface area contributed by atoms with Gasteiger partial charge in [-0.15, -0.1) is 11.3 Å². The highest BCUT2D eigenvalue weighted by Gasteiger charge is 2.41. The first-order chi connectivity index (χ1) is 14.8. The molecule has 3 aromatic rings. The van der Waals surface area contributed by atoms with Crippen molar-refractivity contribution in [3.63, 3.8) is 0 Å². The number of amides is 1. The van der Waals surface area contributed by atoms with Crippen molar-refractivity contribution in [2.75, 3.05) is 6.54 Å². The minimum absolute atomic E-state index is 0.0393. The Labute approximate surface area is 180 Å². The van der Waals surface area contributed by atoms with E-state index < -0.39 is 18.0 Å². The van der Waals surface area contributed by atoms with Gasteiger partial charge in [0, 0.05) is 23.9 Å². The van der Waals surface area contributed by atoms with Crippen LogP contribution in [0.25, 0.3) is 5.69 Å². The van der Waals surface area contributed by atoms with Crippen molar-refractivity contribution in [1.29, 1.82) is 0 Å². The van der Waals surface area contributed by atoms with Crippen molar-refractivity contribution < 1.29 is 23.1 Å². The van der Waals surface area contributed by atoms with Gasteiger partial charge in [-0.05, 0) is 31.9 Å². The first-order valence-corrected chi connectivity index (χ1v) is 10.6. The molecule has 11 heteroatoms. The normalized spacial score (nSPS) is 20.6. The topological polar surface area (TPSA) is 84.1 Å². The summed E-state index contributed by atoms with van der Waals surface area (Å²) < 4.78 is 38.4. The number of likely N-dealkylation sites (tertiary alicyclic amines) is 1. The molecule has 0 spiro atoms. The Hall–Kier alpha value is -2.79. The van der Waals surface area contributed by atoms with E-state index in [2.05, 4.69) is 15.2 Å². The largest absolute Gasteiger partial charge is 0.420 e. The van der Waals surface area contributed by atoms with Crippen LogP contribution in [-0.4, -0.2) is 54.7 Å². The van der Waals surface area contributed by atoms with Crippen LogP contribution in [0, 0.1) is 0 Å². The third-order valence-corrected chi connectivity index (χ3v) is 6.42. The van der Waals surface area contributed by atoms with E-state index in [9.17, 15) is 23.1 Å². The third kappa shape index (κ3) is 4.33. The van der Waals surface area contributed by atoms with Crippen molar-refractivity contribution in [3.8, 4) is 5.69 Å². The lowest BCUT2D eigenvalue weighted by Crippen LogP contribution is -2.45. The Morgan fingerprint density at radius 2 is 1.94 bits per heavy atom. The molecule has 0 aliphatic carbocycles. The summed E-state index contributed by atoms with van der Waals surface area (Å²) in [6, 6.07) is 6.98. The molecule has 3 atom stereocenters. The maximum Gasteiger partial charge on any atom is 0.420 e. The van der Waals surface area contributed by atoms with Crippen LogP contribution in [0.3, 0.4) is 0 Å². The Kier molecular flexibility index (Phi) is 5.80. The summed E-state index contributed by atoms with van der Waals surface area (Å²) in [5, 5.41) is 19.4. The molecule has 1 N–H and O–H groups in total. The zero-order chi connectivity index (χ0) is 22.2. The fourth-order valence-electron chi connectivity index (χ4n) is 3.70. The highest BCUT2D eigenvalue weighted by molar-refractivity contribution is 7.09. The van der Waals surface area contributed by atoms with E-state index in [1.165, 1.54) is 22.6 Å². The van der Waals surface area contributed by atoms with Gasteiger partial charge in [-0.3, -0.25) is 4.79 Å². The summed E-state index contributed by atoms with van der Waals surface area (Å²) in [6.07, 6.45) is -2.94. The minimum Gasteiger partial charge on any atom is -0.378 e. The number of carbonyl (C=O) groups is 1. The molecule has 0 radical (unpaired) electrons. The highest BCUT2D eigenvalue weighted by Crippen LogP contribution is 2.37. The van der Waals surface area contributed by atoms with E-state index in [1.54, 1.807) is 29.2 Å². The van der Waals surface area contributed by atoms with Gasteiger partial charge in [-0.1, -0.05) is 12.1 Å². The van der Waals surface area contributed by atoms with Gasteiger partial charge >= 0.3 is 6.18 Å². The number of nitrogens with zero attached hydrogens (tertiary/aromatic N) is 5. The zero-order valence-electron chi connectivity index (χ0n) is 16.5. The molecule has 1 saturated heterocycles. The maximum atomic E-state index is 13.4. The molecule has 1 aliphatic heterocycles. The number of para-hydroxylation sites is 1. The molecule has 0 bridgehead atoms. The molecular weight excluding hydrogens is 431 g/mol. The summed E-state index contributed by atoms with van der Waals surface area (Å²) in [6.45, 7) is 2.28. The van der Waals surface area contributed by atoms with E-state index in [0.717, 1.165) is 11.3 Å². The quantitative estimate of drug-likeness (QED) is 0.654. The second kappa shape index (κ2) is 8.39. The van der Waals surface area contributed by atoms with Crippen molar-refractivity contribution in [2.24, 2.45) is 0 Å². The van der Waals surface area contributed by atoms with Gasteiger partial charge in [-0.25, -0.2) is 4.98 Å². The maximum absolute atomic E-state index is 13.4. The number of thiazole rings is 1. The summed E-state index contributed by atoms with van der Waals surface area (Å²) in [5.74, 6) is -0.397. The Morgan fingerprint density at radius 1 is 1.23 bits per heavy atom. The Morgan fingerprint density at radius 3 is 2.65 bits per heavy atom. The molecule has 0 unspecified atom stereocenters. The number of halogens is 3. The summed E-state index contributed by atoms with van der Waals surface area (Å²) >= 11 is 1.08. The van der Waals surface area contributed by atoms with Crippen LogP contribution in [-0.2, 0) is 0 Å². The van der Waals surface area contributed by atoms with E-state index in [4.69, 9.17) is 0 Å². The molecule has 1 aromatic carbocycles. The molecule has 1 amide bonds. The molecule has 3 heterocycles. The standard InChI is InChI=1S/C20H20F3N5O2S/c1-12-6-7-13(18-26-15(11-31-18)17(29)20(21,22)23)10-27(12)19(30)14-4-2-3-5-16(14)28-24-8-9-25-28/h2-5,8-9,11-13,17,29H,6-7,10H2,1H3/t12-,13-,17+/m1/s1. The summed E-state index contributed by atoms with van der Waals surface area (Å²) in [7, 11) is 0. The number of piperidine rings is 1. The lowest BCUT2D eigenvalue weighted by atomic mass is 9.93. The van der Waals surface area contributed by atoms with Gasteiger partial charge in [-0.2, -0.15) is 28.2 Å². The van der Waals surface area contributed by atoms with Crippen LogP contribution >= 0.6 is 11.3 Å². The number of hydrogen-bond donors (Lipinski definition) is 1. The van der Waals surface area contributed by atoms with Gasteiger partial charge in [0.05, 0.1) is 34.3 Å². The molecule has 1 fully saturated rings. The second-order valence-electron chi connectivity index (χ2n) is 7.47. The average molecular weight is 451 g/mol. The lowest BCUT2D eigenvalue weighted by Gasteiger charge is -2.37. The van der Waals surface area contributed by atoms with E-state index in [0.29, 0.717) is 35.6 Å². The Balaban J connectivity index is 1.57. The van der Waals surface area contributed by atoms with Crippen LogP contribution in [0.4, 0.5) is 13.2 Å². The number of hydrogen-bond acceptors (Lipinski definition) is 6. The number of aliphatic hydroxyl groups is 1. The fourth-order valence-corrected chi connectivity index (χ4v) is 4.66. The third-order valence-electron chi connectivity index (χ3n) is 5.39. The molecule has 164 valence electrons. The SMILES string of the molecule is C[C@@H]1CC[C@@H](c2nc([C@H](O)C(F)(F)F)cs2)CN1C(=O)c1ccccc1-n1nccn1. The number of carbonyl (C=O) groups excluding carboxylic acids is 1. The van der Waals surface area contributed by atoms with Crippen LogP contribution in [0.1, 0.15) is 52.8 Å². The molecule has 2 aromatic heterocycles. The summed E-state index contributed by atoms with van der Waals surface area (Å²) in [5.41, 5.74) is 0.592. The van der Waals surface area contributed by atoms with Gasteiger partial charge < -0.3 is 10.0 Å². The van der Waals surface area contributed by atoms with Gasteiger partial charge in [0.25, 0.3) is 5.91 Å². The van der Waals surface area contributed by atoms with Crippen LogP contribution in [0.15, 0.2) is 42.0 Å². The predicted molar refractivity (Wildman–Crippen MR) is 107 cm³/mol. The van der Waals surface area contributed by atoms with Crippen molar-refractivity contribution in [3.05, 3.63) is 58.3 Å². The van der Waals surface area contributed by atoms with E-state index in [-0.39, 0.29) is 17.9 Å². The summed E-state index contributed by atoms with van der Waals surface area (Å²) in [4.78, 5) is 20.5. The van der Waals surface area contributed by atoms with Gasteiger partial charge in [0.1, 0.15) is 0 Å². The van der Waals surface area contributed by atoms with Crippen molar-refractivity contribution >= 4 is 17.2 Å². The molecule has 1 aliphatic rings. The number of aromatic nitrogens is 4. The number of benzene rings is 1. The fraction of sp³-hybridized carbons (Fsp3) is 0.400. The monoisotopic (exact) mass is 451 g/mol.